The van der Waals surface area contributed by atoms with Gasteiger partial charge in [0.05, 0.1) is 19.6 Å². The number of hydrogen-bond acceptors (Lipinski definition) is 5. The van der Waals surface area contributed by atoms with Crippen LogP contribution in [0.25, 0.3) is 0 Å². The molecular formula is C13H20O5. The number of esters is 2. The molecule has 0 aliphatic heterocycles. The lowest BCUT2D eigenvalue weighted by molar-refractivity contribution is -0.153. The molecule has 5 heteroatoms. The topological polar surface area (TPSA) is 69.7 Å². The van der Waals surface area contributed by atoms with E-state index in [1.807, 2.05) is 0 Å². The van der Waals surface area contributed by atoms with E-state index in [-0.39, 0.29) is 17.7 Å². The molecule has 102 valence electrons. The van der Waals surface area contributed by atoms with Crippen LogP contribution in [0.3, 0.4) is 0 Å². The molecule has 0 saturated heterocycles. The lowest BCUT2D eigenvalue weighted by Gasteiger charge is -2.21. The fourth-order valence-electron chi connectivity index (χ4n) is 2.26. The van der Waals surface area contributed by atoms with Crippen LogP contribution in [0.15, 0.2) is 0 Å². The molecule has 5 nitrogen and oxygen atoms in total. The molecule has 1 aliphatic carbocycles. The first-order valence-corrected chi connectivity index (χ1v) is 6.37. The average molecular weight is 256 g/mol. The van der Waals surface area contributed by atoms with Gasteiger partial charge in [0.1, 0.15) is 11.7 Å². The lowest BCUT2D eigenvalue weighted by Crippen LogP contribution is -2.29. The van der Waals surface area contributed by atoms with Crippen molar-refractivity contribution < 1.29 is 23.9 Å². The van der Waals surface area contributed by atoms with Crippen molar-refractivity contribution in [1.82, 2.24) is 0 Å². The van der Waals surface area contributed by atoms with Gasteiger partial charge in [0.25, 0.3) is 0 Å². The highest BCUT2D eigenvalue weighted by molar-refractivity contribution is 5.99. The number of ketones is 1. The second kappa shape index (κ2) is 7.13. The zero-order valence-electron chi connectivity index (χ0n) is 10.9. The first-order chi connectivity index (χ1) is 8.60. The Hall–Kier alpha value is -1.39. The second-order valence-electron chi connectivity index (χ2n) is 4.46. The van der Waals surface area contributed by atoms with Crippen LogP contribution in [-0.2, 0) is 23.9 Å². The van der Waals surface area contributed by atoms with Crippen LogP contribution in [0, 0.1) is 11.8 Å². The summed E-state index contributed by atoms with van der Waals surface area (Å²) in [5.41, 5.74) is 0. The molecule has 0 heterocycles. The fourth-order valence-corrected chi connectivity index (χ4v) is 2.26. The predicted molar refractivity (Wildman–Crippen MR) is 63.7 cm³/mol. The Morgan fingerprint density at radius 1 is 1.22 bits per heavy atom. The van der Waals surface area contributed by atoms with Crippen molar-refractivity contribution in [2.24, 2.45) is 11.8 Å². The molecule has 0 aromatic rings. The van der Waals surface area contributed by atoms with Crippen molar-refractivity contribution in [1.29, 1.82) is 0 Å². The van der Waals surface area contributed by atoms with E-state index >= 15 is 0 Å². The first-order valence-electron chi connectivity index (χ1n) is 6.37. The Balaban J connectivity index is 2.64. The van der Waals surface area contributed by atoms with E-state index in [0.29, 0.717) is 38.7 Å². The van der Waals surface area contributed by atoms with Crippen molar-refractivity contribution in [3.63, 3.8) is 0 Å². The van der Waals surface area contributed by atoms with Crippen LogP contribution in [0.5, 0.6) is 0 Å². The van der Waals surface area contributed by atoms with Gasteiger partial charge >= 0.3 is 11.9 Å². The highest BCUT2D eigenvalue weighted by Gasteiger charge is 2.32. The minimum Gasteiger partial charge on any atom is -0.468 e. The predicted octanol–water partition coefficient (Wildman–Crippen LogP) is 1.49. The average Bonchev–Trinajstić information content (AvgIpc) is 2.33. The summed E-state index contributed by atoms with van der Waals surface area (Å²) >= 11 is 0. The van der Waals surface area contributed by atoms with E-state index in [1.54, 1.807) is 6.92 Å². The molecule has 1 fully saturated rings. The molecule has 0 aromatic carbocycles. The van der Waals surface area contributed by atoms with Crippen molar-refractivity contribution in [2.75, 3.05) is 13.7 Å². The zero-order chi connectivity index (χ0) is 13.5. The van der Waals surface area contributed by atoms with Gasteiger partial charge in [0, 0.05) is 6.42 Å². The van der Waals surface area contributed by atoms with Gasteiger partial charge in [0.2, 0.25) is 0 Å². The molecule has 1 saturated carbocycles. The molecule has 0 aromatic heterocycles. The van der Waals surface area contributed by atoms with Crippen LogP contribution in [-0.4, -0.2) is 31.4 Å². The number of Topliss-reactive ketones (excluding diaryl/α,β-unsaturated/α-hetero) is 1. The summed E-state index contributed by atoms with van der Waals surface area (Å²) in [5.74, 6) is -1.72. The number of carbonyl (C=O) groups excluding carboxylic acids is 3. The molecule has 1 aliphatic rings. The SMILES string of the molecule is CCOC(=O)C1CCCC(=O)C(C(=O)OC)CC1. The van der Waals surface area contributed by atoms with Crippen LogP contribution < -0.4 is 0 Å². The third-order valence-electron chi connectivity index (χ3n) is 3.27. The van der Waals surface area contributed by atoms with Gasteiger partial charge < -0.3 is 9.47 Å². The highest BCUT2D eigenvalue weighted by Crippen LogP contribution is 2.26. The van der Waals surface area contributed by atoms with E-state index in [0.717, 1.165) is 0 Å². The van der Waals surface area contributed by atoms with E-state index in [2.05, 4.69) is 4.74 Å². The smallest absolute Gasteiger partial charge is 0.316 e. The molecule has 2 unspecified atom stereocenters. The molecule has 0 spiro atoms. The summed E-state index contributed by atoms with van der Waals surface area (Å²) in [6, 6.07) is 0. The van der Waals surface area contributed by atoms with Gasteiger partial charge in [-0.2, -0.15) is 0 Å². The van der Waals surface area contributed by atoms with Crippen molar-refractivity contribution >= 4 is 17.7 Å². The Bertz CT molecular complexity index is 323. The molecule has 0 N–H and O–H groups in total. The van der Waals surface area contributed by atoms with Crippen LogP contribution in [0.1, 0.15) is 39.0 Å². The summed E-state index contributed by atoms with van der Waals surface area (Å²) in [4.78, 5) is 34.9. The Kier molecular flexibility index (Phi) is 5.82. The normalized spacial score (nSPS) is 24.9. The van der Waals surface area contributed by atoms with Gasteiger partial charge in [-0.15, -0.1) is 0 Å². The van der Waals surface area contributed by atoms with Gasteiger partial charge in [0.15, 0.2) is 0 Å². The number of carbonyl (C=O) groups is 3. The maximum Gasteiger partial charge on any atom is 0.316 e. The quantitative estimate of drug-likeness (QED) is 0.565. The maximum absolute atomic E-state index is 11.8. The zero-order valence-corrected chi connectivity index (χ0v) is 10.9. The molecule has 0 bridgehead atoms. The van der Waals surface area contributed by atoms with Crippen molar-refractivity contribution in [3.05, 3.63) is 0 Å². The maximum atomic E-state index is 11.8. The van der Waals surface area contributed by atoms with Crippen LogP contribution >= 0.6 is 0 Å². The molecule has 2 atom stereocenters. The standard InChI is InChI=1S/C13H20O5/c1-3-18-12(15)9-5-4-6-11(14)10(8-7-9)13(16)17-2/h9-10H,3-8H2,1-2H3. The highest BCUT2D eigenvalue weighted by atomic mass is 16.5. The Labute approximate surface area is 107 Å². The van der Waals surface area contributed by atoms with E-state index in [1.165, 1.54) is 7.11 Å². The largest absolute Gasteiger partial charge is 0.468 e. The molecule has 0 radical (unpaired) electrons. The van der Waals surface area contributed by atoms with Crippen LogP contribution in [0.4, 0.5) is 0 Å². The third kappa shape index (κ3) is 3.82. The number of hydrogen-bond donors (Lipinski definition) is 0. The minimum atomic E-state index is -0.716. The molecule has 1 rings (SSSR count). The number of methoxy groups -OCH3 is 1. The van der Waals surface area contributed by atoms with Gasteiger partial charge in [-0.1, -0.05) is 0 Å². The summed E-state index contributed by atoms with van der Waals surface area (Å²) in [5, 5.41) is 0. The Morgan fingerprint density at radius 3 is 2.56 bits per heavy atom. The third-order valence-corrected chi connectivity index (χ3v) is 3.27. The van der Waals surface area contributed by atoms with Gasteiger partial charge in [-0.3, -0.25) is 14.4 Å². The molecule has 0 amide bonds. The minimum absolute atomic E-state index is 0.0795. The summed E-state index contributed by atoms with van der Waals surface area (Å²) in [7, 11) is 1.28. The van der Waals surface area contributed by atoms with Crippen molar-refractivity contribution in [3.8, 4) is 0 Å². The summed E-state index contributed by atoms with van der Waals surface area (Å²) in [6.45, 7) is 2.12. The van der Waals surface area contributed by atoms with Gasteiger partial charge in [-0.25, -0.2) is 0 Å². The monoisotopic (exact) mass is 256 g/mol. The van der Waals surface area contributed by atoms with E-state index in [9.17, 15) is 14.4 Å². The summed E-state index contributed by atoms with van der Waals surface area (Å²) < 4.78 is 9.61. The molecular weight excluding hydrogens is 236 g/mol. The number of rotatable bonds is 3. The second-order valence-corrected chi connectivity index (χ2v) is 4.46. The first kappa shape index (κ1) is 14.7. The fraction of sp³-hybridized carbons (Fsp3) is 0.769. The summed E-state index contributed by atoms with van der Waals surface area (Å²) in [6.07, 6.45) is 2.48. The van der Waals surface area contributed by atoms with Gasteiger partial charge in [-0.05, 0) is 32.6 Å². The van der Waals surface area contributed by atoms with Crippen LogP contribution in [0.2, 0.25) is 0 Å². The number of ether oxygens (including phenoxy) is 2. The van der Waals surface area contributed by atoms with E-state index in [4.69, 9.17) is 4.74 Å². The lowest BCUT2D eigenvalue weighted by atomic mass is 9.84. The van der Waals surface area contributed by atoms with Crippen molar-refractivity contribution in [2.45, 2.75) is 39.0 Å². The molecule has 18 heavy (non-hydrogen) atoms. The Morgan fingerprint density at radius 2 is 1.94 bits per heavy atom. The van der Waals surface area contributed by atoms with E-state index < -0.39 is 11.9 Å².